The molecule has 1 aliphatic rings. The Morgan fingerprint density at radius 2 is 1.60 bits per heavy atom. The van der Waals surface area contributed by atoms with Gasteiger partial charge >= 0.3 is 5.97 Å². The van der Waals surface area contributed by atoms with Crippen LogP contribution in [0.4, 0.5) is 0 Å². The molecule has 0 aliphatic carbocycles. The maximum atomic E-state index is 12.3. The number of carbonyl (C=O) groups is 1. The van der Waals surface area contributed by atoms with E-state index in [2.05, 4.69) is 52.8 Å². The Labute approximate surface area is 199 Å². The van der Waals surface area contributed by atoms with Crippen molar-refractivity contribution in [1.29, 1.82) is 0 Å². The number of hydrogen-bond acceptors (Lipinski definition) is 4. The molecule has 0 amide bonds. The summed E-state index contributed by atoms with van der Waals surface area (Å²) in [5, 5.41) is 0. The predicted octanol–water partition coefficient (Wildman–Crippen LogP) is 6.90. The van der Waals surface area contributed by atoms with Gasteiger partial charge < -0.3 is 9.47 Å². The molecule has 0 bridgehead atoms. The lowest BCUT2D eigenvalue weighted by Crippen LogP contribution is -2.05. The van der Waals surface area contributed by atoms with Crippen LogP contribution in [0.25, 0.3) is 6.08 Å². The van der Waals surface area contributed by atoms with Crippen molar-refractivity contribution in [2.24, 2.45) is 4.99 Å². The van der Waals surface area contributed by atoms with E-state index in [9.17, 15) is 4.79 Å². The third-order valence-electron chi connectivity index (χ3n) is 4.26. The van der Waals surface area contributed by atoms with Crippen LogP contribution in [0.5, 0.6) is 5.75 Å². The number of nitrogens with zero attached hydrogens (tertiary/aromatic N) is 1. The smallest absolute Gasteiger partial charge is 0.363 e. The van der Waals surface area contributed by atoms with Gasteiger partial charge in [0.05, 0.1) is 8.95 Å². The minimum atomic E-state index is -0.482. The van der Waals surface area contributed by atoms with Crippen LogP contribution >= 0.6 is 47.8 Å². The van der Waals surface area contributed by atoms with Crippen molar-refractivity contribution in [3.8, 4) is 5.75 Å². The van der Waals surface area contributed by atoms with Gasteiger partial charge in [-0.1, -0.05) is 46.3 Å². The van der Waals surface area contributed by atoms with E-state index < -0.39 is 5.97 Å². The molecule has 0 radical (unpaired) electrons. The average molecular weight is 592 g/mol. The highest BCUT2D eigenvalue weighted by Gasteiger charge is 2.24. The van der Waals surface area contributed by atoms with Crippen LogP contribution < -0.4 is 4.74 Å². The fourth-order valence-electron chi connectivity index (χ4n) is 2.81. The van der Waals surface area contributed by atoms with Gasteiger partial charge in [0, 0.05) is 10.0 Å². The molecular weight excluding hydrogens is 578 g/mol. The monoisotopic (exact) mass is 589 g/mol. The molecule has 3 aromatic rings. The molecule has 4 rings (SSSR count). The highest BCUT2D eigenvalue weighted by Crippen LogP contribution is 2.36. The third kappa shape index (κ3) is 4.91. The molecule has 0 fully saturated rings. The summed E-state index contributed by atoms with van der Waals surface area (Å²) in [6.07, 6.45) is 1.69. The third-order valence-corrected chi connectivity index (χ3v) is 5.97. The largest absolute Gasteiger partial charge is 0.487 e. The average Bonchev–Trinajstić information content (AvgIpc) is 3.09. The van der Waals surface area contributed by atoms with Crippen LogP contribution in [0.15, 0.2) is 90.8 Å². The number of aliphatic imine (C=N–C) groups is 1. The summed E-state index contributed by atoms with van der Waals surface area (Å²) >= 11 is 10.5. The zero-order valence-electron chi connectivity index (χ0n) is 15.4. The van der Waals surface area contributed by atoms with Crippen LogP contribution in [0.2, 0.25) is 0 Å². The summed E-state index contributed by atoms with van der Waals surface area (Å²) in [6.45, 7) is 0.450. The second-order valence-electron chi connectivity index (χ2n) is 6.43. The van der Waals surface area contributed by atoms with Gasteiger partial charge in [0.25, 0.3) is 0 Å². The molecule has 0 saturated carbocycles. The van der Waals surface area contributed by atoms with Crippen molar-refractivity contribution in [2.75, 3.05) is 0 Å². The topological polar surface area (TPSA) is 47.9 Å². The summed E-state index contributed by atoms with van der Waals surface area (Å²) < 4.78 is 13.7. The number of ether oxygens (including phenoxy) is 2. The van der Waals surface area contributed by atoms with E-state index in [0.717, 1.165) is 30.1 Å². The van der Waals surface area contributed by atoms with Gasteiger partial charge in [0.2, 0.25) is 5.90 Å². The van der Waals surface area contributed by atoms with Gasteiger partial charge in [-0.2, -0.15) is 0 Å². The lowest BCUT2D eigenvalue weighted by atomic mass is 10.2. The Balaban J connectivity index is 1.56. The van der Waals surface area contributed by atoms with Crippen molar-refractivity contribution in [3.05, 3.63) is 103 Å². The molecule has 0 unspecified atom stereocenters. The maximum absolute atomic E-state index is 12.3. The number of rotatable bonds is 5. The van der Waals surface area contributed by atoms with Gasteiger partial charge in [0.1, 0.15) is 12.4 Å². The second kappa shape index (κ2) is 9.29. The fraction of sp³-hybridized carbons (Fsp3) is 0.0435. The number of esters is 1. The highest BCUT2D eigenvalue weighted by atomic mass is 79.9. The van der Waals surface area contributed by atoms with E-state index in [1.54, 1.807) is 6.08 Å². The van der Waals surface area contributed by atoms with E-state index in [1.807, 2.05) is 66.7 Å². The number of halogens is 3. The zero-order valence-corrected chi connectivity index (χ0v) is 20.2. The van der Waals surface area contributed by atoms with Crippen molar-refractivity contribution >= 4 is 65.7 Å². The molecule has 0 spiro atoms. The lowest BCUT2D eigenvalue weighted by molar-refractivity contribution is -0.129. The van der Waals surface area contributed by atoms with E-state index in [-0.39, 0.29) is 5.70 Å². The predicted molar refractivity (Wildman–Crippen MR) is 127 cm³/mol. The normalized spacial score (nSPS) is 14.6. The van der Waals surface area contributed by atoms with Crippen LogP contribution in [-0.2, 0) is 16.1 Å². The molecular formula is C23H14Br3NO3. The van der Waals surface area contributed by atoms with Gasteiger partial charge in [-0.15, -0.1) is 0 Å². The van der Waals surface area contributed by atoms with Crippen molar-refractivity contribution < 1.29 is 14.3 Å². The van der Waals surface area contributed by atoms with Gasteiger partial charge in [-0.3, -0.25) is 0 Å². The Morgan fingerprint density at radius 3 is 2.27 bits per heavy atom. The molecule has 0 saturated heterocycles. The molecule has 30 heavy (non-hydrogen) atoms. The molecule has 150 valence electrons. The Hall–Kier alpha value is -2.22. The van der Waals surface area contributed by atoms with Gasteiger partial charge in [-0.25, -0.2) is 9.79 Å². The quantitative estimate of drug-likeness (QED) is 0.240. The molecule has 4 nitrogen and oxygen atoms in total. The maximum Gasteiger partial charge on any atom is 0.363 e. The first kappa shape index (κ1) is 21.0. The van der Waals surface area contributed by atoms with Crippen LogP contribution in [-0.4, -0.2) is 11.9 Å². The molecule has 3 aromatic carbocycles. The Kier molecular flexibility index (Phi) is 6.51. The zero-order chi connectivity index (χ0) is 21.1. The van der Waals surface area contributed by atoms with E-state index >= 15 is 0 Å². The van der Waals surface area contributed by atoms with Crippen LogP contribution in [0, 0.1) is 0 Å². The van der Waals surface area contributed by atoms with Crippen molar-refractivity contribution in [1.82, 2.24) is 0 Å². The fourth-order valence-corrected chi connectivity index (χ4v) is 4.53. The first-order chi connectivity index (χ1) is 14.5. The molecule has 0 N–H and O–H groups in total. The van der Waals surface area contributed by atoms with Crippen LogP contribution in [0.1, 0.15) is 16.7 Å². The highest BCUT2D eigenvalue weighted by molar-refractivity contribution is 9.11. The van der Waals surface area contributed by atoms with E-state index in [4.69, 9.17) is 9.47 Å². The van der Waals surface area contributed by atoms with Gasteiger partial charge in [-0.05, 0) is 85.5 Å². The minimum absolute atomic E-state index is 0.240. The number of carbonyl (C=O) groups excluding carboxylic acids is 1. The Morgan fingerprint density at radius 1 is 0.933 bits per heavy atom. The molecule has 1 aliphatic heterocycles. The standard InChI is InChI=1S/C23H14Br3NO3/c24-17-8-6-16(7-9-17)22-27-20(23(28)30-22)12-15-10-18(25)21(19(26)11-15)29-13-14-4-2-1-3-5-14/h1-12H,13H2/b20-12-. The summed E-state index contributed by atoms with van der Waals surface area (Å²) in [5.41, 5.74) is 2.84. The molecule has 0 atom stereocenters. The first-order valence-electron chi connectivity index (χ1n) is 8.94. The molecule has 7 heteroatoms. The number of cyclic esters (lactones) is 1. The molecule has 1 heterocycles. The molecule has 0 aromatic heterocycles. The minimum Gasteiger partial charge on any atom is -0.487 e. The SMILES string of the molecule is O=C1OC(c2ccc(Br)cc2)=N/C1=C\c1cc(Br)c(OCc2ccccc2)c(Br)c1. The van der Waals surface area contributed by atoms with Crippen molar-refractivity contribution in [2.45, 2.75) is 6.61 Å². The summed E-state index contributed by atoms with van der Waals surface area (Å²) in [5.74, 6) is 0.498. The summed E-state index contributed by atoms with van der Waals surface area (Å²) in [7, 11) is 0. The van der Waals surface area contributed by atoms with Crippen molar-refractivity contribution in [3.63, 3.8) is 0 Å². The van der Waals surface area contributed by atoms with Crippen LogP contribution in [0.3, 0.4) is 0 Å². The lowest BCUT2D eigenvalue weighted by Gasteiger charge is -2.11. The first-order valence-corrected chi connectivity index (χ1v) is 11.3. The summed E-state index contributed by atoms with van der Waals surface area (Å²) in [6, 6.07) is 21.1. The van der Waals surface area contributed by atoms with E-state index in [1.165, 1.54) is 0 Å². The Bertz CT molecular complexity index is 1130. The summed E-state index contributed by atoms with van der Waals surface area (Å²) in [4.78, 5) is 16.6. The van der Waals surface area contributed by atoms with Gasteiger partial charge in [0.15, 0.2) is 5.70 Å². The second-order valence-corrected chi connectivity index (χ2v) is 9.06. The van der Waals surface area contributed by atoms with E-state index in [0.29, 0.717) is 18.3 Å². The number of hydrogen-bond donors (Lipinski definition) is 0. The number of benzene rings is 3.